The number of rotatable bonds is 7. The van der Waals surface area contributed by atoms with Crippen LogP contribution in [0.25, 0.3) is 0 Å². The van der Waals surface area contributed by atoms with Crippen molar-refractivity contribution in [3.63, 3.8) is 0 Å². The minimum absolute atomic E-state index is 0.205. The van der Waals surface area contributed by atoms with Crippen LogP contribution >= 0.6 is 0 Å². The molecule has 0 aromatic carbocycles. The molecule has 1 aromatic rings. The molecule has 1 aliphatic carbocycles. The zero-order chi connectivity index (χ0) is 13.2. The molecular formula is C14H25N3O. The van der Waals surface area contributed by atoms with E-state index in [1.54, 1.807) is 0 Å². The van der Waals surface area contributed by atoms with Gasteiger partial charge in [-0.2, -0.15) is 4.98 Å². The maximum absolute atomic E-state index is 5.65. The number of aromatic nitrogens is 2. The highest BCUT2D eigenvalue weighted by Crippen LogP contribution is 2.45. The van der Waals surface area contributed by atoms with E-state index in [-0.39, 0.29) is 5.41 Å². The fraction of sp³-hybridized carbons (Fsp3) is 0.857. The van der Waals surface area contributed by atoms with Crippen molar-refractivity contribution >= 4 is 0 Å². The summed E-state index contributed by atoms with van der Waals surface area (Å²) in [6.07, 6.45) is 5.43. The van der Waals surface area contributed by atoms with Crippen molar-refractivity contribution in [2.75, 3.05) is 6.54 Å². The minimum atomic E-state index is 0.205. The van der Waals surface area contributed by atoms with Gasteiger partial charge in [-0.25, -0.2) is 0 Å². The summed E-state index contributed by atoms with van der Waals surface area (Å²) in [6, 6.07) is 0. The molecule has 0 saturated heterocycles. The largest absolute Gasteiger partial charge is 0.339 e. The number of nitrogens with two attached hydrogens (primary N) is 1. The van der Waals surface area contributed by atoms with Gasteiger partial charge in [0.2, 0.25) is 5.89 Å². The summed E-state index contributed by atoms with van der Waals surface area (Å²) < 4.78 is 5.35. The standard InChI is InChI=1S/C14H25N3O/c1-10(2)11(6-9-15)4-5-12-16-13(17-18-12)14(3)7-8-14/h10-11H,4-9,15H2,1-3H3. The molecule has 2 rings (SSSR count). The Balaban J connectivity index is 1.87. The van der Waals surface area contributed by atoms with E-state index in [9.17, 15) is 0 Å². The van der Waals surface area contributed by atoms with Gasteiger partial charge in [0.25, 0.3) is 0 Å². The van der Waals surface area contributed by atoms with E-state index < -0.39 is 0 Å². The van der Waals surface area contributed by atoms with Crippen LogP contribution in [0.3, 0.4) is 0 Å². The van der Waals surface area contributed by atoms with Gasteiger partial charge in [0.1, 0.15) is 0 Å². The van der Waals surface area contributed by atoms with Crippen molar-refractivity contribution in [2.24, 2.45) is 17.6 Å². The highest BCUT2D eigenvalue weighted by molar-refractivity contribution is 5.14. The average molecular weight is 251 g/mol. The monoisotopic (exact) mass is 251 g/mol. The van der Waals surface area contributed by atoms with Gasteiger partial charge in [0, 0.05) is 11.8 Å². The quantitative estimate of drug-likeness (QED) is 0.809. The second-order valence-electron chi connectivity index (χ2n) is 6.19. The summed E-state index contributed by atoms with van der Waals surface area (Å²) in [6.45, 7) is 7.47. The van der Waals surface area contributed by atoms with Crippen molar-refractivity contribution < 1.29 is 4.52 Å². The van der Waals surface area contributed by atoms with E-state index in [0.717, 1.165) is 37.5 Å². The molecule has 0 aliphatic heterocycles. The van der Waals surface area contributed by atoms with Gasteiger partial charge in [-0.3, -0.25) is 0 Å². The Morgan fingerprint density at radius 1 is 1.33 bits per heavy atom. The molecule has 1 heterocycles. The van der Waals surface area contributed by atoms with Crippen LogP contribution in [0.5, 0.6) is 0 Å². The van der Waals surface area contributed by atoms with Gasteiger partial charge in [0.15, 0.2) is 5.82 Å². The molecule has 1 fully saturated rings. The van der Waals surface area contributed by atoms with Gasteiger partial charge in [-0.05, 0) is 44.1 Å². The van der Waals surface area contributed by atoms with E-state index in [1.807, 2.05) is 0 Å². The second-order valence-corrected chi connectivity index (χ2v) is 6.19. The Kier molecular flexibility index (Phi) is 4.05. The van der Waals surface area contributed by atoms with Crippen LogP contribution in [0, 0.1) is 11.8 Å². The van der Waals surface area contributed by atoms with Gasteiger partial charge in [-0.15, -0.1) is 0 Å². The highest BCUT2D eigenvalue weighted by atomic mass is 16.5. The molecule has 1 aliphatic rings. The summed E-state index contributed by atoms with van der Waals surface area (Å²) in [5.74, 6) is 3.01. The van der Waals surface area contributed by atoms with Crippen LogP contribution in [0.2, 0.25) is 0 Å². The molecule has 0 amide bonds. The molecule has 102 valence electrons. The summed E-state index contributed by atoms with van der Waals surface area (Å²) in [7, 11) is 0. The Labute approximate surface area is 109 Å². The zero-order valence-corrected chi connectivity index (χ0v) is 11.8. The van der Waals surface area contributed by atoms with Crippen molar-refractivity contribution in [2.45, 2.75) is 58.3 Å². The first-order valence-corrected chi connectivity index (χ1v) is 7.08. The molecule has 1 saturated carbocycles. The van der Waals surface area contributed by atoms with Crippen LogP contribution in [0.1, 0.15) is 58.2 Å². The lowest BCUT2D eigenvalue weighted by atomic mass is 9.88. The molecule has 1 aromatic heterocycles. The third-order valence-electron chi connectivity index (χ3n) is 4.22. The Bertz CT molecular complexity index is 382. The van der Waals surface area contributed by atoms with Gasteiger partial charge >= 0.3 is 0 Å². The lowest BCUT2D eigenvalue weighted by Gasteiger charge is -2.18. The topological polar surface area (TPSA) is 64.9 Å². The van der Waals surface area contributed by atoms with Gasteiger partial charge < -0.3 is 10.3 Å². The lowest BCUT2D eigenvalue weighted by molar-refractivity contribution is 0.312. The first kappa shape index (κ1) is 13.5. The SMILES string of the molecule is CC(C)C(CCN)CCc1nc(C2(C)CC2)no1. The summed E-state index contributed by atoms with van der Waals surface area (Å²) in [5, 5.41) is 4.11. The molecule has 18 heavy (non-hydrogen) atoms. The van der Waals surface area contributed by atoms with Crippen molar-refractivity contribution in [1.29, 1.82) is 0 Å². The van der Waals surface area contributed by atoms with E-state index in [2.05, 4.69) is 30.9 Å². The number of hydrogen-bond donors (Lipinski definition) is 1. The predicted molar refractivity (Wildman–Crippen MR) is 71.2 cm³/mol. The van der Waals surface area contributed by atoms with Gasteiger partial charge in [-0.1, -0.05) is 25.9 Å². The van der Waals surface area contributed by atoms with Crippen LogP contribution < -0.4 is 5.73 Å². The molecule has 1 atom stereocenters. The van der Waals surface area contributed by atoms with Crippen LogP contribution in [0.15, 0.2) is 4.52 Å². The molecular weight excluding hydrogens is 226 g/mol. The zero-order valence-electron chi connectivity index (χ0n) is 11.8. The average Bonchev–Trinajstić information content (AvgIpc) is 2.91. The summed E-state index contributed by atoms with van der Waals surface area (Å²) >= 11 is 0. The Morgan fingerprint density at radius 3 is 2.61 bits per heavy atom. The molecule has 4 nitrogen and oxygen atoms in total. The van der Waals surface area contributed by atoms with E-state index in [4.69, 9.17) is 10.3 Å². The van der Waals surface area contributed by atoms with Gasteiger partial charge in [0.05, 0.1) is 0 Å². The normalized spacial score (nSPS) is 19.2. The van der Waals surface area contributed by atoms with Crippen LogP contribution in [-0.2, 0) is 11.8 Å². The van der Waals surface area contributed by atoms with Crippen molar-refractivity contribution in [3.8, 4) is 0 Å². The Morgan fingerprint density at radius 2 is 2.06 bits per heavy atom. The maximum Gasteiger partial charge on any atom is 0.226 e. The minimum Gasteiger partial charge on any atom is -0.339 e. The summed E-state index contributed by atoms with van der Waals surface area (Å²) in [4.78, 5) is 4.53. The van der Waals surface area contributed by atoms with E-state index >= 15 is 0 Å². The molecule has 2 N–H and O–H groups in total. The summed E-state index contributed by atoms with van der Waals surface area (Å²) in [5.41, 5.74) is 5.86. The van der Waals surface area contributed by atoms with Crippen LogP contribution in [0.4, 0.5) is 0 Å². The lowest BCUT2D eigenvalue weighted by Crippen LogP contribution is -2.15. The first-order valence-electron chi connectivity index (χ1n) is 7.08. The van der Waals surface area contributed by atoms with Crippen molar-refractivity contribution in [3.05, 3.63) is 11.7 Å². The molecule has 1 unspecified atom stereocenters. The highest BCUT2D eigenvalue weighted by Gasteiger charge is 2.43. The van der Waals surface area contributed by atoms with Crippen LogP contribution in [-0.4, -0.2) is 16.7 Å². The molecule has 0 spiro atoms. The predicted octanol–water partition coefficient (Wildman–Crippen LogP) is 2.67. The maximum atomic E-state index is 5.65. The fourth-order valence-corrected chi connectivity index (χ4v) is 2.35. The number of nitrogens with zero attached hydrogens (tertiary/aromatic N) is 2. The third-order valence-corrected chi connectivity index (χ3v) is 4.22. The first-order chi connectivity index (χ1) is 8.55. The Hall–Kier alpha value is -0.900. The second kappa shape index (κ2) is 5.39. The number of aryl methyl sites for hydroxylation is 1. The van der Waals surface area contributed by atoms with E-state index in [0.29, 0.717) is 11.8 Å². The fourth-order valence-electron chi connectivity index (χ4n) is 2.35. The molecule has 4 heteroatoms. The van der Waals surface area contributed by atoms with E-state index in [1.165, 1.54) is 12.8 Å². The third kappa shape index (κ3) is 3.10. The van der Waals surface area contributed by atoms with Crippen molar-refractivity contribution in [1.82, 2.24) is 10.1 Å². The molecule has 0 bridgehead atoms. The number of hydrogen-bond acceptors (Lipinski definition) is 4. The smallest absolute Gasteiger partial charge is 0.226 e. The molecule has 0 radical (unpaired) electrons.